The van der Waals surface area contributed by atoms with Gasteiger partial charge in [-0.1, -0.05) is 5.11 Å². The number of sulfone groups is 1. The summed E-state index contributed by atoms with van der Waals surface area (Å²) in [6.45, 7) is 0.422. The molecule has 0 spiro atoms. The molecule has 0 aliphatic rings. The van der Waals surface area contributed by atoms with Crippen LogP contribution in [0.4, 0.5) is 0 Å². The van der Waals surface area contributed by atoms with E-state index in [1.165, 1.54) is 18.0 Å². The fraction of sp³-hybridized carbons (Fsp3) is 1.00. The van der Waals surface area contributed by atoms with Crippen molar-refractivity contribution in [3.63, 3.8) is 0 Å². The summed E-state index contributed by atoms with van der Waals surface area (Å²) in [6, 6.07) is 0. The number of hydrogen-bond donors (Lipinski definition) is 0. The van der Waals surface area contributed by atoms with Crippen molar-refractivity contribution in [1.82, 2.24) is 0 Å². The Kier molecular flexibility index (Phi) is 5.96. The van der Waals surface area contributed by atoms with Gasteiger partial charge in [0, 0.05) is 23.5 Å². The van der Waals surface area contributed by atoms with Gasteiger partial charge in [0.25, 0.3) is 0 Å². The van der Waals surface area contributed by atoms with Crippen LogP contribution in [0.1, 0.15) is 0 Å². The highest BCUT2D eigenvalue weighted by Gasteiger charge is 2.00. The van der Waals surface area contributed by atoms with Crippen LogP contribution in [-0.4, -0.2) is 38.5 Å². The molecule has 5 nitrogen and oxygen atoms in total. The van der Waals surface area contributed by atoms with Crippen LogP contribution in [0.15, 0.2) is 5.11 Å². The van der Waals surface area contributed by atoms with Crippen LogP contribution in [0.5, 0.6) is 0 Å². The van der Waals surface area contributed by atoms with Crippen LogP contribution in [-0.2, 0) is 9.84 Å². The molecule has 0 N–H and O–H groups in total. The molecule has 0 heterocycles. The van der Waals surface area contributed by atoms with Gasteiger partial charge in [-0.05, 0) is 11.3 Å². The highest BCUT2D eigenvalue weighted by atomic mass is 32.2. The van der Waals surface area contributed by atoms with Crippen molar-refractivity contribution >= 4 is 21.6 Å². The van der Waals surface area contributed by atoms with Gasteiger partial charge in [0.15, 0.2) is 0 Å². The van der Waals surface area contributed by atoms with Crippen molar-refractivity contribution in [2.24, 2.45) is 5.11 Å². The quantitative estimate of drug-likeness (QED) is 0.284. The average Bonchev–Trinajstić information content (AvgIpc) is 1.94. The summed E-state index contributed by atoms with van der Waals surface area (Å²) < 4.78 is 21.2. The zero-order chi connectivity index (χ0) is 9.45. The number of thioether (sulfide) groups is 1. The smallest absolute Gasteiger partial charge is 0.148 e. The molecule has 0 aromatic carbocycles. The highest BCUT2D eigenvalue weighted by Crippen LogP contribution is 2.00. The van der Waals surface area contributed by atoms with Crippen molar-refractivity contribution in [2.75, 3.05) is 30.1 Å². The minimum atomic E-state index is -2.84. The van der Waals surface area contributed by atoms with Crippen molar-refractivity contribution in [2.45, 2.75) is 0 Å². The van der Waals surface area contributed by atoms with E-state index in [0.717, 1.165) is 0 Å². The topological polar surface area (TPSA) is 82.9 Å². The predicted molar refractivity (Wildman–Crippen MR) is 51.0 cm³/mol. The third kappa shape index (κ3) is 9.61. The highest BCUT2D eigenvalue weighted by molar-refractivity contribution is 8.00. The lowest BCUT2D eigenvalue weighted by atomic mass is 10.8. The molecule has 0 unspecified atom stereocenters. The molecule has 70 valence electrons. The van der Waals surface area contributed by atoms with E-state index in [2.05, 4.69) is 10.0 Å². The van der Waals surface area contributed by atoms with E-state index >= 15 is 0 Å². The predicted octanol–water partition coefficient (Wildman–Crippen LogP) is 1.07. The minimum Gasteiger partial charge on any atom is -0.229 e. The molecule has 0 fully saturated rings. The third-order valence-corrected chi connectivity index (χ3v) is 3.17. The van der Waals surface area contributed by atoms with Gasteiger partial charge in [-0.2, -0.15) is 11.8 Å². The van der Waals surface area contributed by atoms with Gasteiger partial charge in [-0.15, -0.1) is 0 Å². The Labute approximate surface area is 76.1 Å². The zero-order valence-electron chi connectivity index (χ0n) is 6.80. The van der Waals surface area contributed by atoms with E-state index in [0.29, 0.717) is 18.1 Å². The molecule has 0 saturated heterocycles. The van der Waals surface area contributed by atoms with Gasteiger partial charge in [0.1, 0.15) is 9.84 Å². The summed E-state index contributed by atoms with van der Waals surface area (Å²) >= 11 is 1.48. The summed E-state index contributed by atoms with van der Waals surface area (Å²) in [7, 11) is -2.84. The Bertz CT molecular complexity index is 256. The molecule has 0 radical (unpaired) electrons. The van der Waals surface area contributed by atoms with E-state index in [9.17, 15) is 8.42 Å². The molecular weight excluding hydrogens is 198 g/mol. The molecule has 0 atom stereocenters. The molecule has 0 bridgehead atoms. The van der Waals surface area contributed by atoms with E-state index in [-0.39, 0.29) is 5.75 Å². The molecular formula is C5H11N3O2S2. The normalized spacial score (nSPS) is 10.8. The van der Waals surface area contributed by atoms with E-state index in [1.807, 2.05) is 0 Å². The maximum Gasteiger partial charge on any atom is 0.148 e. The minimum absolute atomic E-state index is 0.188. The second-order valence-electron chi connectivity index (χ2n) is 2.20. The Morgan fingerprint density at radius 2 is 2.17 bits per heavy atom. The number of rotatable bonds is 6. The molecule has 12 heavy (non-hydrogen) atoms. The van der Waals surface area contributed by atoms with Gasteiger partial charge in [-0.3, -0.25) is 0 Å². The molecule has 7 heteroatoms. The number of hydrogen-bond acceptors (Lipinski definition) is 4. The fourth-order valence-electron chi connectivity index (χ4n) is 0.462. The second-order valence-corrected chi connectivity index (χ2v) is 5.68. The molecule has 0 aliphatic carbocycles. The monoisotopic (exact) mass is 209 g/mol. The largest absolute Gasteiger partial charge is 0.229 e. The lowest BCUT2D eigenvalue weighted by Gasteiger charge is -1.96. The summed E-state index contributed by atoms with van der Waals surface area (Å²) in [6.07, 6.45) is 1.21. The first-order valence-corrected chi connectivity index (χ1v) is 6.54. The maximum absolute atomic E-state index is 10.6. The Hall–Kier alpha value is -0.390. The molecule has 0 amide bonds. The second kappa shape index (κ2) is 6.16. The van der Waals surface area contributed by atoms with Crippen molar-refractivity contribution < 1.29 is 8.42 Å². The van der Waals surface area contributed by atoms with Crippen molar-refractivity contribution in [3.05, 3.63) is 10.4 Å². The van der Waals surface area contributed by atoms with Gasteiger partial charge < -0.3 is 0 Å². The molecule has 0 rings (SSSR count). The Morgan fingerprint density at radius 1 is 1.50 bits per heavy atom. The van der Waals surface area contributed by atoms with Gasteiger partial charge in [0.05, 0.1) is 5.75 Å². The summed E-state index contributed by atoms with van der Waals surface area (Å²) in [5.74, 6) is 1.44. The third-order valence-electron chi connectivity index (χ3n) is 0.997. The molecule has 0 aromatic rings. The Morgan fingerprint density at radius 3 is 2.67 bits per heavy atom. The first-order valence-electron chi connectivity index (χ1n) is 3.32. The van der Waals surface area contributed by atoms with E-state index < -0.39 is 9.84 Å². The van der Waals surface area contributed by atoms with Crippen LogP contribution in [0.3, 0.4) is 0 Å². The average molecular weight is 209 g/mol. The summed E-state index contributed by atoms with van der Waals surface area (Å²) in [4.78, 5) is 2.58. The van der Waals surface area contributed by atoms with Crippen LogP contribution in [0, 0.1) is 0 Å². The molecule has 0 saturated carbocycles. The fourth-order valence-corrected chi connectivity index (χ4v) is 2.56. The van der Waals surface area contributed by atoms with E-state index in [1.54, 1.807) is 0 Å². The van der Waals surface area contributed by atoms with Crippen LogP contribution in [0.25, 0.3) is 10.4 Å². The SMILES string of the molecule is CS(=O)(=O)CCSCCN=[N+]=[N-]. The van der Waals surface area contributed by atoms with Crippen LogP contribution >= 0.6 is 11.8 Å². The lowest BCUT2D eigenvalue weighted by molar-refractivity contribution is 0.603. The number of azide groups is 1. The standard InChI is InChI=1S/C5H11N3O2S2/c1-12(9,10)5-4-11-3-2-7-8-6/h2-5H2,1H3. The molecule has 0 aliphatic heterocycles. The number of nitrogens with zero attached hydrogens (tertiary/aromatic N) is 3. The molecule has 0 aromatic heterocycles. The maximum atomic E-state index is 10.6. The lowest BCUT2D eigenvalue weighted by Crippen LogP contribution is -2.05. The van der Waals surface area contributed by atoms with Crippen molar-refractivity contribution in [3.8, 4) is 0 Å². The van der Waals surface area contributed by atoms with Crippen LogP contribution < -0.4 is 0 Å². The van der Waals surface area contributed by atoms with Gasteiger partial charge in [0.2, 0.25) is 0 Å². The van der Waals surface area contributed by atoms with Crippen LogP contribution in [0.2, 0.25) is 0 Å². The van der Waals surface area contributed by atoms with Gasteiger partial charge >= 0.3 is 0 Å². The first-order chi connectivity index (χ1) is 5.56. The summed E-state index contributed by atoms with van der Waals surface area (Å²) in [5.41, 5.74) is 7.91. The Balaban J connectivity index is 3.28. The zero-order valence-corrected chi connectivity index (χ0v) is 8.44. The summed E-state index contributed by atoms with van der Waals surface area (Å²) in [5, 5.41) is 3.32. The van der Waals surface area contributed by atoms with Gasteiger partial charge in [-0.25, -0.2) is 8.42 Å². The van der Waals surface area contributed by atoms with Crippen molar-refractivity contribution in [1.29, 1.82) is 0 Å². The van der Waals surface area contributed by atoms with E-state index in [4.69, 9.17) is 5.53 Å². The first kappa shape index (κ1) is 11.6.